The Morgan fingerprint density at radius 2 is 2.16 bits per heavy atom. The van der Waals surface area contributed by atoms with Gasteiger partial charge in [-0.2, -0.15) is 0 Å². The van der Waals surface area contributed by atoms with E-state index in [1.807, 2.05) is 0 Å². The molecule has 1 aromatic carbocycles. The fraction of sp³-hybridized carbons (Fsp3) is 0.100. The minimum Gasteiger partial charge on any atom is -0.276 e. The van der Waals surface area contributed by atoms with Gasteiger partial charge in [-0.05, 0) is 35.0 Å². The van der Waals surface area contributed by atoms with Crippen molar-refractivity contribution in [3.8, 4) is 0 Å². The van der Waals surface area contributed by atoms with E-state index in [-0.39, 0.29) is 19.4 Å². The van der Waals surface area contributed by atoms with E-state index < -0.39 is 15.8 Å². The first kappa shape index (κ1) is 14.7. The Balaban J connectivity index is 2.41. The molecule has 102 valence electrons. The van der Waals surface area contributed by atoms with Crippen LogP contribution in [-0.4, -0.2) is 13.4 Å². The summed E-state index contributed by atoms with van der Waals surface area (Å²) in [6, 6.07) is 2.16. The summed E-state index contributed by atoms with van der Waals surface area (Å²) in [5.41, 5.74) is 0.0918. The standard InChI is InChI=1S/C10H7BrClFN2O2S2/c1-5-14-4-9(18-5)19(16,17)15-10-7(11)2-6(13)3-8(10)12/h2-4,15H,1H3. The number of anilines is 1. The number of hydrogen-bond acceptors (Lipinski definition) is 4. The number of thiazole rings is 1. The van der Waals surface area contributed by atoms with Crippen LogP contribution in [-0.2, 0) is 10.0 Å². The summed E-state index contributed by atoms with van der Waals surface area (Å²) in [6.07, 6.45) is 1.26. The summed E-state index contributed by atoms with van der Waals surface area (Å²) in [6.45, 7) is 1.70. The van der Waals surface area contributed by atoms with E-state index in [1.165, 1.54) is 6.20 Å². The molecule has 19 heavy (non-hydrogen) atoms. The summed E-state index contributed by atoms with van der Waals surface area (Å²) in [5, 5.41) is 0.598. The summed E-state index contributed by atoms with van der Waals surface area (Å²) in [4.78, 5) is 3.88. The predicted molar refractivity (Wildman–Crippen MR) is 76.8 cm³/mol. The Morgan fingerprint density at radius 3 is 2.68 bits per heavy atom. The highest BCUT2D eigenvalue weighted by Crippen LogP contribution is 2.34. The van der Waals surface area contributed by atoms with Gasteiger partial charge in [0.1, 0.15) is 5.82 Å². The maximum absolute atomic E-state index is 13.1. The molecule has 0 bridgehead atoms. The molecule has 1 N–H and O–H groups in total. The zero-order valence-electron chi connectivity index (χ0n) is 9.45. The second-order valence-corrected chi connectivity index (χ2v) is 7.95. The van der Waals surface area contributed by atoms with Crippen LogP contribution in [0, 0.1) is 12.7 Å². The number of rotatable bonds is 3. The molecule has 0 aliphatic heterocycles. The fourth-order valence-electron chi connectivity index (χ4n) is 1.29. The molecule has 0 unspecified atom stereocenters. The first-order valence-corrected chi connectivity index (χ1v) is 8.36. The molecule has 0 saturated heterocycles. The second kappa shape index (κ2) is 5.35. The first-order valence-electron chi connectivity index (χ1n) is 4.89. The van der Waals surface area contributed by atoms with E-state index in [1.54, 1.807) is 6.92 Å². The van der Waals surface area contributed by atoms with Crippen LogP contribution >= 0.6 is 38.9 Å². The molecule has 0 atom stereocenters. The molecule has 1 aromatic heterocycles. The van der Waals surface area contributed by atoms with Crippen molar-refractivity contribution in [2.24, 2.45) is 0 Å². The lowest BCUT2D eigenvalue weighted by Gasteiger charge is -2.10. The number of nitrogens with zero attached hydrogens (tertiary/aromatic N) is 1. The number of aryl methyl sites for hydroxylation is 1. The SMILES string of the molecule is Cc1ncc(S(=O)(=O)Nc2c(Cl)cc(F)cc2Br)s1. The molecule has 0 radical (unpaired) electrons. The zero-order chi connectivity index (χ0) is 14.2. The van der Waals surface area contributed by atoms with Gasteiger partial charge in [0.15, 0.2) is 4.21 Å². The monoisotopic (exact) mass is 384 g/mol. The maximum Gasteiger partial charge on any atom is 0.273 e. The average molecular weight is 386 g/mol. The highest BCUT2D eigenvalue weighted by molar-refractivity contribution is 9.10. The molecule has 4 nitrogen and oxygen atoms in total. The van der Waals surface area contributed by atoms with Gasteiger partial charge in [-0.15, -0.1) is 11.3 Å². The molecule has 9 heteroatoms. The molecule has 1 heterocycles. The van der Waals surface area contributed by atoms with E-state index in [0.29, 0.717) is 5.01 Å². The van der Waals surface area contributed by atoms with Gasteiger partial charge < -0.3 is 0 Å². The van der Waals surface area contributed by atoms with Crippen molar-refractivity contribution in [1.82, 2.24) is 4.98 Å². The van der Waals surface area contributed by atoms with Crippen LogP contribution in [0.4, 0.5) is 10.1 Å². The highest BCUT2D eigenvalue weighted by atomic mass is 79.9. The van der Waals surface area contributed by atoms with E-state index >= 15 is 0 Å². The van der Waals surface area contributed by atoms with Crippen LogP contribution in [0.25, 0.3) is 0 Å². The lowest BCUT2D eigenvalue weighted by molar-refractivity contribution is 0.602. The molecule has 0 saturated carbocycles. The van der Waals surface area contributed by atoms with Crippen molar-refractivity contribution in [2.75, 3.05) is 4.72 Å². The number of sulfonamides is 1. The third-order valence-electron chi connectivity index (χ3n) is 2.11. The maximum atomic E-state index is 13.1. The van der Waals surface area contributed by atoms with E-state index in [0.717, 1.165) is 23.5 Å². The fourth-order valence-corrected chi connectivity index (χ4v) is 4.58. The molecular formula is C10H7BrClFN2O2S2. The minimum absolute atomic E-state index is 0.0308. The molecule has 0 aliphatic rings. The number of halogens is 3. The van der Waals surface area contributed by atoms with Gasteiger partial charge in [0, 0.05) is 4.47 Å². The van der Waals surface area contributed by atoms with Gasteiger partial charge in [0.05, 0.1) is 21.9 Å². The van der Waals surface area contributed by atoms with Gasteiger partial charge in [-0.3, -0.25) is 4.72 Å². The Morgan fingerprint density at radius 1 is 1.47 bits per heavy atom. The largest absolute Gasteiger partial charge is 0.276 e. The lowest BCUT2D eigenvalue weighted by atomic mass is 10.3. The van der Waals surface area contributed by atoms with Crippen LogP contribution < -0.4 is 4.72 Å². The van der Waals surface area contributed by atoms with Crippen LogP contribution in [0.3, 0.4) is 0 Å². The normalized spacial score (nSPS) is 11.6. The third kappa shape index (κ3) is 3.25. The molecule has 0 spiro atoms. The smallest absolute Gasteiger partial charge is 0.273 e. The van der Waals surface area contributed by atoms with Gasteiger partial charge >= 0.3 is 0 Å². The van der Waals surface area contributed by atoms with Gasteiger partial charge in [-0.25, -0.2) is 17.8 Å². The number of aromatic nitrogens is 1. The van der Waals surface area contributed by atoms with Gasteiger partial charge in [-0.1, -0.05) is 11.6 Å². The Hall–Kier alpha value is -0.700. The van der Waals surface area contributed by atoms with Crippen molar-refractivity contribution in [1.29, 1.82) is 0 Å². The van der Waals surface area contributed by atoms with Crippen molar-refractivity contribution >= 4 is 54.6 Å². The van der Waals surface area contributed by atoms with E-state index in [9.17, 15) is 12.8 Å². The average Bonchev–Trinajstić information content (AvgIpc) is 2.71. The van der Waals surface area contributed by atoms with Gasteiger partial charge in [0.25, 0.3) is 10.0 Å². The number of benzene rings is 1. The third-order valence-corrected chi connectivity index (χ3v) is 5.76. The minimum atomic E-state index is -3.78. The summed E-state index contributed by atoms with van der Waals surface area (Å²) in [5.74, 6) is -0.562. The molecule has 2 aromatic rings. The summed E-state index contributed by atoms with van der Waals surface area (Å²) < 4.78 is 39.8. The predicted octanol–water partition coefficient (Wildman–Crippen LogP) is 3.81. The Bertz CT molecular complexity index is 710. The van der Waals surface area contributed by atoms with Crippen molar-refractivity contribution in [3.63, 3.8) is 0 Å². The summed E-state index contributed by atoms with van der Waals surface area (Å²) >= 11 is 9.92. The molecule has 0 aliphatic carbocycles. The Kier molecular flexibility index (Phi) is 4.14. The van der Waals surface area contributed by atoms with Crippen LogP contribution in [0.2, 0.25) is 5.02 Å². The van der Waals surface area contributed by atoms with Crippen molar-refractivity contribution in [3.05, 3.63) is 38.6 Å². The summed E-state index contributed by atoms with van der Waals surface area (Å²) in [7, 11) is -3.78. The molecular weight excluding hydrogens is 379 g/mol. The molecule has 0 fully saturated rings. The topological polar surface area (TPSA) is 59.1 Å². The highest BCUT2D eigenvalue weighted by Gasteiger charge is 2.20. The van der Waals surface area contributed by atoms with Crippen LogP contribution in [0.5, 0.6) is 0 Å². The van der Waals surface area contributed by atoms with Crippen molar-refractivity contribution in [2.45, 2.75) is 11.1 Å². The Labute approximate surface area is 126 Å². The number of nitrogens with one attached hydrogen (secondary N) is 1. The zero-order valence-corrected chi connectivity index (χ0v) is 13.4. The van der Waals surface area contributed by atoms with E-state index in [4.69, 9.17) is 11.6 Å². The van der Waals surface area contributed by atoms with Crippen molar-refractivity contribution < 1.29 is 12.8 Å². The lowest BCUT2D eigenvalue weighted by Crippen LogP contribution is -2.12. The first-order chi connectivity index (χ1) is 8.79. The quantitative estimate of drug-likeness (QED) is 0.874. The van der Waals surface area contributed by atoms with Crippen LogP contribution in [0.15, 0.2) is 27.0 Å². The number of hydrogen-bond donors (Lipinski definition) is 1. The molecule has 2 rings (SSSR count). The molecule has 0 amide bonds. The van der Waals surface area contributed by atoms with E-state index in [2.05, 4.69) is 25.6 Å². The van der Waals surface area contributed by atoms with Crippen LogP contribution in [0.1, 0.15) is 5.01 Å². The second-order valence-electron chi connectivity index (χ2n) is 3.55. The van der Waals surface area contributed by atoms with Gasteiger partial charge in [0.2, 0.25) is 0 Å².